The maximum Gasteiger partial charge on any atom is 0.0796 e. The standard InChI is InChI=1S/C18H34O2.2H2/c1-12-13(2)17(9,16(7,8)20-11)18(10,19)15(5,6)14(12,3)4;;/h19H,1-11H3;2*1H/i;2*1+2T. The normalized spacial score (nSPS) is 38.0. The second kappa shape index (κ2) is 4.33. The van der Waals surface area contributed by atoms with Crippen LogP contribution in [0.3, 0.4) is 0 Å². The van der Waals surface area contributed by atoms with E-state index in [2.05, 4.69) is 62.3 Å². The van der Waals surface area contributed by atoms with Crippen molar-refractivity contribution in [2.45, 2.75) is 80.4 Å². The number of hydrogen-bond acceptors (Lipinski definition) is 2. The van der Waals surface area contributed by atoms with E-state index in [9.17, 15) is 5.11 Å². The molecule has 0 fully saturated rings. The Morgan fingerprint density at radius 1 is 1.00 bits per heavy atom. The monoisotopic (exact) mass is 294 g/mol. The Bertz CT molecular complexity index is 454. The smallest absolute Gasteiger partial charge is 0.0796 e. The van der Waals surface area contributed by atoms with E-state index in [0.717, 1.165) is 0 Å². The van der Waals surface area contributed by atoms with Crippen LogP contribution in [0.25, 0.3) is 0 Å². The third-order valence-corrected chi connectivity index (χ3v) is 7.72. The van der Waals surface area contributed by atoms with Crippen LogP contribution in [0.4, 0.5) is 0 Å². The van der Waals surface area contributed by atoms with Gasteiger partial charge in [-0.3, -0.25) is 0 Å². The number of methoxy groups -OCH3 is 1. The van der Waals surface area contributed by atoms with Crippen LogP contribution < -0.4 is 0 Å². The zero-order valence-electron chi connectivity index (χ0n) is 19.4. The molecule has 20 heavy (non-hydrogen) atoms. The lowest BCUT2D eigenvalue weighted by Crippen LogP contribution is -2.69. The van der Waals surface area contributed by atoms with E-state index >= 15 is 0 Å². The SMILES string of the molecule is COC(C)(C)C1(C)C(C)=C(C)C(C)(C)C(C)(C)C1(C)O.[3H][3H].[3H][3H]. The number of aliphatic hydroxyl groups is 1. The van der Waals surface area contributed by atoms with E-state index in [1.807, 2.05) is 6.92 Å². The first-order chi connectivity index (χ1) is 10.6. The highest BCUT2D eigenvalue weighted by Gasteiger charge is 2.67. The molecule has 0 aromatic heterocycles. The number of hydrogen-bond donors (Lipinski definition) is 1. The fourth-order valence-electron chi connectivity index (χ4n) is 4.15. The minimum Gasteiger partial charge on any atom is -0.389 e. The van der Waals surface area contributed by atoms with Crippen molar-refractivity contribution in [1.29, 1.82) is 0 Å². The molecule has 2 nitrogen and oxygen atoms in total. The van der Waals surface area contributed by atoms with Crippen LogP contribution in [0.2, 0.25) is 0 Å². The number of rotatable bonds is 2. The van der Waals surface area contributed by atoms with E-state index < -0.39 is 16.6 Å². The summed E-state index contributed by atoms with van der Waals surface area (Å²) in [6.07, 6.45) is 0. The first-order valence-corrected chi connectivity index (χ1v) is 7.59. The van der Waals surface area contributed by atoms with E-state index in [1.165, 1.54) is 11.1 Å². The van der Waals surface area contributed by atoms with Crippen molar-refractivity contribution in [3.8, 4) is 0 Å². The van der Waals surface area contributed by atoms with Crippen LogP contribution in [0.1, 0.15) is 75.2 Å². The molecule has 0 aromatic rings. The lowest BCUT2D eigenvalue weighted by Gasteiger charge is -2.66. The summed E-state index contributed by atoms with van der Waals surface area (Å²) in [5, 5.41) is 11.6. The molecule has 0 heterocycles. The van der Waals surface area contributed by atoms with Gasteiger partial charge in [0.05, 0.1) is 11.2 Å². The maximum atomic E-state index is 11.6. The first kappa shape index (κ1) is 14.6. The summed E-state index contributed by atoms with van der Waals surface area (Å²) in [6.45, 7) is 21.5. The van der Waals surface area contributed by atoms with E-state index in [-0.39, 0.29) is 10.8 Å². The maximum absolute atomic E-state index is 11.6. The van der Waals surface area contributed by atoms with Gasteiger partial charge in [-0.2, -0.15) is 0 Å². The predicted molar refractivity (Wildman–Crippen MR) is 90.0 cm³/mol. The van der Waals surface area contributed by atoms with Crippen molar-refractivity contribution in [2.24, 2.45) is 16.2 Å². The molecule has 0 saturated heterocycles. The molecule has 0 radical (unpaired) electrons. The molecule has 122 valence electrons. The molecule has 2 atom stereocenters. The Kier molecular flexibility index (Phi) is 3.16. The van der Waals surface area contributed by atoms with Crippen LogP contribution in [0, 0.1) is 16.2 Å². The number of ether oxygens (including phenoxy) is 1. The molecule has 0 aromatic carbocycles. The summed E-state index contributed by atoms with van der Waals surface area (Å²) in [5.74, 6) is 0. The quantitative estimate of drug-likeness (QED) is 0.721. The van der Waals surface area contributed by atoms with Crippen LogP contribution in [-0.4, -0.2) is 23.4 Å². The third-order valence-electron chi connectivity index (χ3n) is 7.72. The zero-order valence-corrected chi connectivity index (χ0v) is 15.4. The second-order valence-corrected chi connectivity index (χ2v) is 8.41. The Balaban J connectivity index is 0. The van der Waals surface area contributed by atoms with E-state index in [1.54, 1.807) is 7.11 Å². The molecule has 0 aliphatic heterocycles. The van der Waals surface area contributed by atoms with Gasteiger partial charge in [0, 0.05) is 23.9 Å². The third kappa shape index (κ3) is 1.64. The average molecular weight is 295 g/mol. The fraction of sp³-hybridized carbons (Fsp3) is 0.889. The minimum absolute atomic E-state index is 0.0656. The largest absolute Gasteiger partial charge is 0.389 e. The Hall–Kier alpha value is -0.340. The molecule has 2 unspecified atom stereocenters. The van der Waals surface area contributed by atoms with E-state index in [4.69, 9.17) is 10.7 Å². The molecular formula is C18H38O2. The molecule has 0 bridgehead atoms. The Morgan fingerprint density at radius 2 is 1.40 bits per heavy atom. The zero-order chi connectivity index (χ0) is 20.4. The van der Waals surface area contributed by atoms with Gasteiger partial charge in [0.1, 0.15) is 0 Å². The van der Waals surface area contributed by atoms with Gasteiger partial charge in [-0.05, 0) is 40.0 Å². The second-order valence-electron chi connectivity index (χ2n) is 8.41. The summed E-state index contributed by atoms with van der Waals surface area (Å²) >= 11 is 0. The highest BCUT2D eigenvalue weighted by molar-refractivity contribution is 5.38. The van der Waals surface area contributed by atoms with Gasteiger partial charge in [0.25, 0.3) is 0 Å². The van der Waals surface area contributed by atoms with Gasteiger partial charge >= 0.3 is 0 Å². The lowest BCUT2D eigenvalue weighted by molar-refractivity contribution is -0.234. The molecule has 1 rings (SSSR count). The van der Waals surface area contributed by atoms with Gasteiger partial charge in [0.2, 0.25) is 0 Å². The van der Waals surface area contributed by atoms with Gasteiger partial charge in [-0.1, -0.05) is 45.8 Å². The number of allylic oxidation sites excluding steroid dienone is 1. The van der Waals surface area contributed by atoms with Crippen molar-refractivity contribution in [3.05, 3.63) is 11.1 Å². The minimum atomic E-state index is -0.882. The highest BCUT2D eigenvalue weighted by Crippen LogP contribution is 2.66. The summed E-state index contributed by atoms with van der Waals surface area (Å²) in [5.41, 5.74) is 0.498. The molecule has 0 amide bonds. The molecule has 0 spiro atoms. The van der Waals surface area contributed by atoms with Gasteiger partial charge in [0.15, 0.2) is 0 Å². The summed E-state index contributed by atoms with van der Waals surface area (Å²) < 4.78 is 25.8. The predicted octanol–water partition coefficient (Wildman–Crippen LogP) is 5.06. The summed E-state index contributed by atoms with van der Waals surface area (Å²) in [4.78, 5) is 0. The Morgan fingerprint density at radius 3 is 1.75 bits per heavy atom. The van der Waals surface area contributed by atoms with Crippen molar-refractivity contribution in [3.63, 3.8) is 0 Å². The molecule has 1 aliphatic carbocycles. The van der Waals surface area contributed by atoms with Crippen LogP contribution in [0.15, 0.2) is 11.1 Å². The molecular weight excluding hydrogens is 248 g/mol. The Labute approximate surface area is 131 Å². The summed E-state index contributed by atoms with van der Waals surface area (Å²) in [6, 6.07) is 0. The van der Waals surface area contributed by atoms with Crippen LogP contribution >= 0.6 is 0 Å². The van der Waals surface area contributed by atoms with Crippen molar-refractivity contribution < 1.29 is 15.8 Å². The van der Waals surface area contributed by atoms with Crippen LogP contribution in [-0.2, 0) is 4.74 Å². The van der Waals surface area contributed by atoms with Crippen molar-refractivity contribution in [1.82, 2.24) is 0 Å². The fourth-order valence-corrected chi connectivity index (χ4v) is 4.15. The van der Waals surface area contributed by atoms with Crippen LogP contribution in [0.5, 0.6) is 0 Å². The lowest BCUT2D eigenvalue weighted by atomic mass is 9.41. The molecule has 1 N–H and O–H groups in total. The topological polar surface area (TPSA) is 29.5 Å². The average Bonchev–Trinajstić information content (AvgIpc) is 2.54. The van der Waals surface area contributed by atoms with Gasteiger partial charge < -0.3 is 9.84 Å². The molecule has 0 saturated carbocycles. The summed E-state index contributed by atoms with van der Waals surface area (Å²) in [7, 11) is 1.73. The molecule has 1 aliphatic rings. The van der Waals surface area contributed by atoms with Gasteiger partial charge in [-0.25, -0.2) is 0 Å². The van der Waals surface area contributed by atoms with Gasteiger partial charge in [-0.15, -0.1) is 0 Å². The first-order valence-electron chi connectivity index (χ1n) is 9.59. The van der Waals surface area contributed by atoms with Crippen molar-refractivity contribution >= 4 is 0 Å². The van der Waals surface area contributed by atoms with E-state index in [0.29, 0.717) is 0 Å². The molecule has 2 heteroatoms. The van der Waals surface area contributed by atoms with Crippen molar-refractivity contribution in [2.75, 3.05) is 7.11 Å². The highest BCUT2D eigenvalue weighted by atomic mass is 16.5.